The minimum absolute atomic E-state index is 0.163. The van der Waals surface area contributed by atoms with E-state index in [0.29, 0.717) is 24.9 Å². The van der Waals surface area contributed by atoms with E-state index in [2.05, 4.69) is 32.0 Å². The Kier molecular flexibility index (Phi) is 10.5. The van der Waals surface area contributed by atoms with Gasteiger partial charge in [0.2, 0.25) is 5.89 Å². The molecule has 0 amide bonds. The third kappa shape index (κ3) is 8.22. The molecule has 0 aliphatic rings. The van der Waals surface area contributed by atoms with Gasteiger partial charge in [-0.1, -0.05) is 5.16 Å². The molecule has 0 bridgehead atoms. The largest absolute Gasteiger partial charge is 0.371 e. The number of nitrogens with zero attached hydrogens (tertiary/aromatic N) is 3. The number of aromatic nitrogens is 2. The fraction of sp³-hybridized carbons (Fsp3) is 0.800. The van der Waals surface area contributed by atoms with E-state index in [1.165, 1.54) is 12.2 Å². The second-order valence-corrected chi connectivity index (χ2v) is 5.95. The van der Waals surface area contributed by atoms with Crippen LogP contribution in [0.5, 0.6) is 0 Å². The van der Waals surface area contributed by atoms with Gasteiger partial charge in [0.1, 0.15) is 12.6 Å². The molecule has 1 rings (SSSR count). The van der Waals surface area contributed by atoms with Crippen LogP contribution >= 0.6 is 11.8 Å². The van der Waals surface area contributed by atoms with Gasteiger partial charge in [-0.05, 0) is 45.6 Å². The van der Waals surface area contributed by atoms with E-state index in [-0.39, 0.29) is 6.10 Å². The summed E-state index contributed by atoms with van der Waals surface area (Å²) in [5, 5.41) is 10.5. The lowest BCUT2D eigenvalue weighted by Crippen LogP contribution is -2.37. The SMILES string of the molecule is CCNC(=NCc1nc(C(C)OCC)no1)NCCCCSC. The highest BCUT2D eigenvalue weighted by Crippen LogP contribution is 2.12. The monoisotopic (exact) mass is 343 g/mol. The van der Waals surface area contributed by atoms with Crippen LogP contribution < -0.4 is 10.6 Å². The van der Waals surface area contributed by atoms with Gasteiger partial charge in [-0.3, -0.25) is 0 Å². The Bertz CT molecular complexity index is 453. The molecule has 1 aromatic rings. The molecule has 1 heterocycles. The fourth-order valence-corrected chi connectivity index (χ4v) is 2.38. The standard InChI is InChI=1S/C15H29N5O2S/c1-5-16-15(17-9-7-8-10-23-4)18-11-13-19-14(20-22-13)12(3)21-6-2/h12H,5-11H2,1-4H3,(H2,16,17,18). The van der Waals surface area contributed by atoms with Crippen molar-refractivity contribution in [3.63, 3.8) is 0 Å². The summed E-state index contributed by atoms with van der Waals surface area (Å²) in [7, 11) is 0. The van der Waals surface area contributed by atoms with E-state index in [1.54, 1.807) is 0 Å². The second kappa shape index (κ2) is 12.2. The molecule has 0 aliphatic heterocycles. The zero-order valence-electron chi connectivity index (χ0n) is 14.6. The lowest BCUT2D eigenvalue weighted by Gasteiger charge is -2.10. The molecular weight excluding hydrogens is 314 g/mol. The number of aliphatic imine (C=N–C) groups is 1. The summed E-state index contributed by atoms with van der Waals surface area (Å²) in [5.41, 5.74) is 0. The molecule has 1 unspecified atom stereocenters. The van der Waals surface area contributed by atoms with Gasteiger partial charge in [-0.2, -0.15) is 16.7 Å². The van der Waals surface area contributed by atoms with Crippen LogP contribution in [-0.2, 0) is 11.3 Å². The average molecular weight is 343 g/mol. The number of rotatable bonds is 11. The minimum Gasteiger partial charge on any atom is -0.371 e. The summed E-state index contributed by atoms with van der Waals surface area (Å²) in [6.45, 7) is 8.58. The van der Waals surface area contributed by atoms with Crippen molar-refractivity contribution in [1.29, 1.82) is 0 Å². The summed E-state index contributed by atoms with van der Waals surface area (Å²) in [5.74, 6) is 3.02. The molecule has 1 aromatic heterocycles. The van der Waals surface area contributed by atoms with E-state index >= 15 is 0 Å². The molecular formula is C15H29N5O2S. The van der Waals surface area contributed by atoms with E-state index in [0.717, 1.165) is 25.5 Å². The number of ether oxygens (including phenoxy) is 1. The maximum absolute atomic E-state index is 5.44. The van der Waals surface area contributed by atoms with Crippen molar-refractivity contribution in [3.8, 4) is 0 Å². The molecule has 0 saturated heterocycles. The Morgan fingerprint density at radius 1 is 1.35 bits per heavy atom. The molecule has 0 radical (unpaired) electrons. The molecule has 0 aliphatic carbocycles. The van der Waals surface area contributed by atoms with Gasteiger partial charge in [-0.25, -0.2) is 4.99 Å². The van der Waals surface area contributed by atoms with E-state index < -0.39 is 0 Å². The van der Waals surface area contributed by atoms with Gasteiger partial charge in [0.15, 0.2) is 11.8 Å². The molecule has 0 aromatic carbocycles. The number of nitrogens with one attached hydrogen (secondary N) is 2. The van der Waals surface area contributed by atoms with E-state index in [1.807, 2.05) is 32.5 Å². The summed E-state index contributed by atoms with van der Waals surface area (Å²) in [6, 6.07) is 0. The Morgan fingerprint density at radius 2 is 2.17 bits per heavy atom. The quantitative estimate of drug-likeness (QED) is 0.362. The van der Waals surface area contributed by atoms with Crippen LogP contribution in [0.15, 0.2) is 9.52 Å². The van der Waals surface area contributed by atoms with Crippen LogP contribution in [0, 0.1) is 0 Å². The first-order chi connectivity index (χ1) is 11.2. The Hall–Kier alpha value is -1.28. The molecule has 132 valence electrons. The minimum atomic E-state index is -0.163. The Labute approximate surface area is 143 Å². The first-order valence-electron chi connectivity index (χ1n) is 8.16. The first kappa shape index (κ1) is 19.8. The van der Waals surface area contributed by atoms with Crippen molar-refractivity contribution in [2.75, 3.05) is 31.7 Å². The highest BCUT2D eigenvalue weighted by Gasteiger charge is 2.13. The topological polar surface area (TPSA) is 84.6 Å². The predicted octanol–water partition coefficient (Wildman–Crippen LogP) is 2.37. The third-order valence-electron chi connectivity index (χ3n) is 3.05. The molecule has 0 saturated carbocycles. The van der Waals surface area contributed by atoms with Gasteiger partial charge in [0, 0.05) is 19.7 Å². The van der Waals surface area contributed by atoms with Gasteiger partial charge in [0.05, 0.1) is 0 Å². The molecule has 0 spiro atoms. The summed E-state index contributed by atoms with van der Waals surface area (Å²) in [6.07, 6.45) is 4.30. The number of thioether (sulfide) groups is 1. The molecule has 0 fully saturated rings. The molecule has 7 nitrogen and oxygen atoms in total. The van der Waals surface area contributed by atoms with Crippen molar-refractivity contribution in [2.45, 2.75) is 46.3 Å². The fourth-order valence-electron chi connectivity index (χ4n) is 1.89. The summed E-state index contributed by atoms with van der Waals surface area (Å²) >= 11 is 1.87. The first-order valence-corrected chi connectivity index (χ1v) is 9.55. The number of unbranched alkanes of at least 4 members (excludes halogenated alkanes) is 1. The zero-order valence-corrected chi connectivity index (χ0v) is 15.4. The molecule has 2 N–H and O–H groups in total. The Balaban J connectivity index is 2.46. The average Bonchev–Trinajstić information content (AvgIpc) is 3.01. The molecule has 1 atom stereocenters. The van der Waals surface area contributed by atoms with Crippen molar-refractivity contribution in [3.05, 3.63) is 11.7 Å². The third-order valence-corrected chi connectivity index (χ3v) is 3.75. The second-order valence-electron chi connectivity index (χ2n) is 4.97. The van der Waals surface area contributed by atoms with Crippen molar-refractivity contribution < 1.29 is 9.26 Å². The van der Waals surface area contributed by atoms with Crippen LogP contribution in [-0.4, -0.2) is 47.8 Å². The van der Waals surface area contributed by atoms with Crippen LogP contribution in [0.25, 0.3) is 0 Å². The van der Waals surface area contributed by atoms with Crippen LogP contribution in [0.1, 0.15) is 51.4 Å². The maximum Gasteiger partial charge on any atom is 0.248 e. The van der Waals surface area contributed by atoms with Crippen LogP contribution in [0.3, 0.4) is 0 Å². The molecule has 8 heteroatoms. The summed E-state index contributed by atoms with van der Waals surface area (Å²) in [4.78, 5) is 8.79. The van der Waals surface area contributed by atoms with Crippen molar-refractivity contribution in [1.82, 2.24) is 20.8 Å². The lowest BCUT2D eigenvalue weighted by atomic mass is 10.3. The summed E-state index contributed by atoms with van der Waals surface area (Å²) < 4.78 is 10.7. The predicted molar refractivity (Wildman–Crippen MR) is 94.8 cm³/mol. The lowest BCUT2D eigenvalue weighted by molar-refractivity contribution is 0.0683. The van der Waals surface area contributed by atoms with E-state index in [4.69, 9.17) is 9.26 Å². The van der Waals surface area contributed by atoms with Gasteiger partial charge >= 0.3 is 0 Å². The van der Waals surface area contributed by atoms with E-state index in [9.17, 15) is 0 Å². The van der Waals surface area contributed by atoms with Gasteiger partial charge < -0.3 is 19.9 Å². The number of hydrogen-bond acceptors (Lipinski definition) is 6. The van der Waals surface area contributed by atoms with Crippen LogP contribution in [0.4, 0.5) is 0 Å². The number of guanidine groups is 1. The highest BCUT2D eigenvalue weighted by molar-refractivity contribution is 7.98. The molecule has 23 heavy (non-hydrogen) atoms. The van der Waals surface area contributed by atoms with Crippen LogP contribution in [0.2, 0.25) is 0 Å². The van der Waals surface area contributed by atoms with Crippen molar-refractivity contribution in [2.24, 2.45) is 4.99 Å². The zero-order chi connectivity index (χ0) is 16.9. The Morgan fingerprint density at radius 3 is 2.87 bits per heavy atom. The highest BCUT2D eigenvalue weighted by atomic mass is 32.2. The van der Waals surface area contributed by atoms with Gasteiger partial charge in [-0.15, -0.1) is 0 Å². The van der Waals surface area contributed by atoms with Crippen molar-refractivity contribution >= 4 is 17.7 Å². The number of hydrogen-bond donors (Lipinski definition) is 2. The van der Waals surface area contributed by atoms with Gasteiger partial charge in [0.25, 0.3) is 0 Å². The smallest absolute Gasteiger partial charge is 0.248 e. The maximum atomic E-state index is 5.44. The normalized spacial score (nSPS) is 13.1.